The minimum absolute atomic E-state index is 0.167. The first-order chi connectivity index (χ1) is 11.3. The van der Waals surface area contributed by atoms with Crippen molar-refractivity contribution in [3.8, 4) is 0 Å². The predicted molar refractivity (Wildman–Crippen MR) is 99.4 cm³/mol. The van der Waals surface area contributed by atoms with E-state index in [-0.39, 0.29) is 5.60 Å². The normalized spacial score (nSPS) is 13.0. The summed E-state index contributed by atoms with van der Waals surface area (Å²) in [4.78, 5) is 11.6. The highest BCUT2D eigenvalue weighted by Gasteiger charge is 2.19. The van der Waals surface area contributed by atoms with Crippen LogP contribution in [0.2, 0.25) is 0 Å². The highest BCUT2D eigenvalue weighted by atomic mass is 16.5. The van der Waals surface area contributed by atoms with E-state index >= 15 is 0 Å². The molecule has 0 aliphatic heterocycles. The summed E-state index contributed by atoms with van der Waals surface area (Å²) in [6.45, 7) is 8.85. The van der Waals surface area contributed by atoms with Crippen LogP contribution in [0.5, 0.6) is 0 Å². The first-order valence-corrected chi connectivity index (χ1v) is 9.29. The molecule has 0 saturated carbocycles. The number of benzene rings is 1. The van der Waals surface area contributed by atoms with Crippen LogP contribution in [0.25, 0.3) is 0 Å². The van der Waals surface area contributed by atoms with Crippen LogP contribution in [0.3, 0.4) is 0 Å². The van der Waals surface area contributed by atoms with Crippen molar-refractivity contribution in [3.05, 3.63) is 35.4 Å². The maximum Gasteiger partial charge on any atom is 0.310 e. The molecule has 1 N–H and O–H groups in total. The molecule has 0 fully saturated rings. The number of carbonyl (C=O) groups is 1. The smallest absolute Gasteiger partial charge is 0.310 e. The van der Waals surface area contributed by atoms with Gasteiger partial charge in [0.2, 0.25) is 0 Å². The van der Waals surface area contributed by atoms with Crippen LogP contribution in [-0.2, 0) is 16.1 Å². The number of aliphatic carboxylic acids is 1. The maximum absolute atomic E-state index is 11.6. The Morgan fingerprint density at radius 1 is 1.04 bits per heavy atom. The van der Waals surface area contributed by atoms with Gasteiger partial charge in [-0.3, -0.25) is 4.79 Å². The van der Waals surface area contributed by atoms with Gasteiger partial charge in [0.25, 0.3) is 0 Å². The van der Waals surface area contributed by atoms with E-state index < -0.39 is 11.9 Å². The molecule has 0 unspecified atom stereocenters. The van der Waals surface area contributed by atoms with Gasteiger partial charge in [0, 0.05) is 0 Å². The van der Waals surface area contributed by atoms with Crippen molar-refractivity contribution in [1.29, 1.82) is 0 Å². The molecule has 0 bridgehead atoms. The zero-order valence-corrected chi connectivity index (χ0v) is 15.8. The van der Waals surface area contributed by atoms with Crippen LogP contribution < -0.4 is 0 Å². The molecule has 0 spiro atoms. The Morgan fingerprint density at radius 2 is 1.62 bits per heavy atom. The van der Waals surface area contributed by atoms with Crippen LogP contribution in [0.15, 0.2) is 24.3 Å². The molecule has 1 atom stereocenters. The standard InChI is InChI=1S/C21H34O3/c1-5-6-7-8-9-10-11-19(20(22)23)18-14-12-17(13-15-18)16-24-21(2,3)4/h12-15,19H,5-11,16H2,1-4H3,(H,22,23)/t19-/m0/s1. The lowest BCUT2D eigenvalue weighted by Gasteiger charge is -2.20. The maximum atomic E-state index is 11.6. The van der Waals surface area contributed by atoms with Gasteiger partial charge in [-0.05, 0) is 38.3 Å². The highest BCUT2D eigenvalue weighted by molar-refractivity contribution is 5.76. The lowest BCUT2D eigenvalue weighted by atomic mass is 9.92. The van der Waals surface area contributed by atoms with Gasteiger partial charge in [-0.1, -0.05) is 69.7 Å². The van der Waals surface area contributed by atoms with E-state index in [1.165, 1.54) is 25.7 Å². The van der Waals surface area contributed by atoms with Crippen molar-refractivity contribution in [2.24, 2.45) is 0 Å². The largest absolute Gasteiger partial charge is 0.481 e. The second kappa shape index (κ2) is 10.5. The Labute approximate surface area is 147 Å². The second-order valence-corrected chi connectivity index (χ2v) is 7.59. The number of carboxylic acid groups (broad SMARTS) is 1. The number of unbranched alkanes of at least 4 members (excludes halogenated alkanes) is 5. The molecule has 1 aromatic carbocycles. The van der Waals surface area contributed by atoms with Gasteiger partial charge in [0.15, 0.2) is 0 Å². The molecule has 0 amide bonds. The topological polar surface area (TPSA) is 46.5 Å². The first-order valence-electron chi connectivity index (χ1n) is 9.29. The molecule has 0 heterocycles. The number of ether oxygens (including phenoxy) is 1. The lowest BCUT2D eigenvalue weighted by molar-refractivity contribution is -0.139. The monoisotopic (exact) mass is 334 g/mol. The van der Waals surface area contributed by atoms with E-state index in [1.54, 1.807) is 0 Å². The summed E-state index contributed by atoms with van der Waals surface area (Å²) in [5, 5.41) is 9.52. The number of hydrogen-bond donors (Lipinski definition) is 1. The fourth-order valence-electron chi connectivity index (χ4n) is 2.71. The van der Waals surface area contributed by atoms with E-state index in [9.17, 15) is 9.90 Å². The molecule has 136 valence electrons. The van der Waals surface area contributed by atoms with Crippen molar-refractivity contribution in [3.63, 3.8) is 0 Å². The summed E-state index contributed by atoms with van der Waals surface area (Å²) in [6.07, 6.45) is 7.82. The number of hydrogen-bond acceptors (Lipinski definition) is 2. The average molecular weight is 335 g/mol. The van der Waals surface area contributed by atoms with E-state index in [0.717, 1.165) is 30.4 Å². The number of carboxylic acids is 1. The van der Waals surface area contributed by atoms with Crippen LogP contribution in [-0.4, -0.2) is 16.7 Å². The highest BCUT2D eigenvalue weighted by Crippen LogP contribution is 2.24. The van der Waals surface area contributed by atoms with Gasteiger partial charge in [0.05, 0.1) is 18.1 Å². The second-order valence-electron chi connectivity index (χ2n) is 7.59. The third-order valence-corrected chi connectivity index (χ3v) is 4.20. The van der Waals surface area contributed by atoms with Gasteiger partial charge >= 0.3 is 5.97 Å². The fourth-order valence-corrected chi connectivity index (χ4v) is 2.71. The van der Waals surface area contributed by atoms with Crippen molar-refractivity contribution in [1.82, 2.24) is 0 Å². The van der Waals surface area contributed by atoms with Crippen molar-refractivity contribution < 1.29 is 14.6 Å². The summed E-state index contributed by atoms with van der Waals surface area (Å²) in [6, 6.07) is 7.85. The van der Waals surface area contributed by atoms with Crippen molar-refractivity contribution >= 4 is 5.97 Å². The van der Waals surface area contributed by atoms with Gasteiger partial charge in [-0.25, -0.2) is 0 Å². The Kier molecular flexibility index (Phi) is 9.05. The predicted octanol–water partition coefficient (Wildman–Crippen LogP) is 5.92. The lowest BCUT2D eigenvalue weighted by Crippen LogP contribution is -2.18. The first kappa shape index (κ1) is 20.7. The SMILES string of the molecule is CCCCCCCC[C@H](C(=O)O)c1ccc(COC(C)(C)C)cc1. The minimum Gasteiger partial charge on any atom is -0.481 e. The third kappa shape index (κ3) is 8.49. The minimum atomic E-state index is -0.720. The van der Waals surface area contributed by atoms with E-state index in [1.807, 2.05) is 45.0 Å². The van der Waals surface area contributed by atoms with Crippen LogP contribution >= 0.6 is 0 Å². The van der Waals surface area contributed by atoms with Gasteiger partial charge in [-0.2, -0.15) is 0 Å². The molecule has 1 rings (SSSR count). The molecule has 1 aromatic rings. The number of rotatable bonds is 11. The van der Waals surface area contributed by atoms with Crippen molar-refractivity contribution in [2.75, 3.05) is 0 Å². The molecular weight excluding hydrogens is 300 g/mol. The summed E-state index contributed by atoms with van der Waals surface area (Å²) < 4.78 is 5.76. The molecule has 0 aliphatic rings. The molecular formula is C21H34O3. The molecule has 3 heteroatoms. The van der Waals surface area contributed by atoms with Crippen LogP contribution in [0.4, 0.5) is 0 Å². The molecule has 24 heavy (non-hydrogen) atoms. The summed E-state index contributed by atoms with van der Waals surface area (Å²) in [7, 11) is 0. The Bertz CT molecular complexity index is 471. The molecule has 0 aliphatic carbocycles. The molecule has 0 radical (unpaired) electrons. The molecule has 3 nitrogen and oxygen atoms in total. The van der Waals surface area contributed by atoms with Crippen LogP contribution in [0, 0.1) is 0 Å². The van der Waals surface area contributed by atoms with Crippen LogP contribution in [0.1, 0.15) is 89.7 Å². The Balaban J connectivity index is 2.51. The van der Waals surface area contributed by atoms with Gasteiger partial charge in [0.1, 0.15) is 0 Å². The summed E-state index contributed by atoms with van der Waals surface area (Å²) in [5.41, 5.74) is 1.81. The zero-order chi connectivity index (χ0) is 18.0. The molecule has 0 aromatic heterocycles. The molecule has 0 saturated heterocycles. The Morgan fingerprint density at radius 3 is 2.17 bits per heavy atom. The quantitative estimate of drug-likeness (QED) is 0.511. The fraction of sp³-hybridized carbons (Fsp3) is 0.667. The van der Waals surface area contributed by atoms with Gasteiger partial charge in [-0.15, -0.1) is 0 Å². The summed E-state index contributed by atoms with van der Waals surface area (Å²) in [5.74, 6) is -1.11. The van der Waals surface area contributed by atoms with Gasteiger partial charge < -0.3 is 9.84 Å². The average Bonchev–Trinajstić information content (AvgIpc) is 2.52. The van der Waals surface area contributed by atoms with E-state index in [2.05, 4.69) is 6.92 Å². The van der Waals surface area contributed by atoms with E-state index in [4.69, 9.17) is 4.74 Å². The zero-order valence-electron chi connectivity index (χ0n) is 15.8. The Hall–Kier alpha value is -1.35. The summed E-state index contributed by atoms with van der Waals surface area (Å²) >= 11 is 0. The third-order valence-electron chi connectivity index (χ3n) is 4.20. The van der Waals surface area contributed by atoms with Crippen molar-refractivity contribution in [2.45, 2.75) is 90.8 Å². The van der Waals surface area contributed by atoms with E-state index in [0.29, 0.717) is 6.61 Å².